The molecule has 10 rings (SSSR count). The molecule has 8 fully saturated rings. The summed E-state index contributed by atoms with van der Waals surface area (Å²) >= 11 is 0. The summed E-state index contributed by atoms with van der Waals surface area (Å²) < 4.78 is 31.3. The van der Waals surface area contributed by atoms with Crippen molar-refractivity contribution in [2.24, 2.45) is 57.7 Å². The highest BCUT2D eigenvalue weighted by Gasteiger charge is 2.96. The SMILES string of the molecule is CC(=O)O[C@H]1[C@@H]2[C@H]([C@H](C)[C@H]3N(N4C(=O)c5ccccc5C4=O)[C@]34OC(=O)[C@@](C)(O)[C@]24C)[C@]2(C)[C@@H]1C1C([C@H](OC(C)=O)[C@@H]2OC(C)=O)[C@@]2(C)C[C@H]3O[C@H]3C[C@@H]2C(=O)[C@@H]1O. The molecule has 2 N–H and O–H groups in total. The van der Waals surface area contributed by atoms with Crippen LogP contribution in [-0.2, 0) is 47.7 Å². The molecule has 5 saturated carbocycles. The molecule has 16 nitrogen and oxygen atoms in total. The summed E-state index contributed by atoms with van der Waals surface area (Å²) in [6.45, 7) is 12.2. The number of aliphatic hydroxyl groups is 2. The van der Waals surface area contributed by atoms with Crippen LogP contribution in [0.5, 0.6) is 0 Å². The number of ketones is 1. The Hall–Kier alpha value is -4.25. The summed E-state index contributed by atoms with van der Waals surface area (Å²) in [5, 5.41) is 27.5. The number of hydrogen-bond acceptors (Lipinski definition) is 15. The molecule has 0 bridgehead atoms. The van der Waals surface area contributed by atoms with Crippen molar-refractivity contribution >= 4 is 41.5 Å². The topological polar surface area (TPSA) is 216 Å². The highest BCUT2D eigenvalue weighted by atomic mass is 16.6. The molecule has 310 valence electrons. The first kappa shape index (κ1) is 38.0. The Bertz CT molecular complexity index is 2120. The van der Waals surface area contributed by atoms with Crippen LogP contribution in [0.4, 0.5) is 0 Å². The number of ether oxygens (including phenoxy) is 5. The third-order valence-corrected chi connectivity index (χ3v) is 16.9. The van der Waals surface area contributed by atoms with E-state index in [0.717, 1.165) is 5.01 Å². The van der Waals surface area contributed by atoms with Gasteiger partial charge >= 0.3 is 23.9 Å². The summed E-state index contributed by atoms with van der Waals surface area (Å²) in [6.07, 6.45) is -4.98. The van der Waals surface area contributed by atoms with E-state index in [9.17, 15) is 43.8 Å². The number of aliphatic hydroxyl groups excluding tert-OH is 1. The zero-order chi connectivity index (χ0) is 41.7. The number of carbonyl (C=O) groups is 7. The average molecular weight is 805 g/mol. The molecule has 0 radical (unpaired) electrons. The fourth-order valence-electron chi connectivity index (χ4n) is 14.9. The first-order valence-electron chi connectivity index (χ1n) is 20.2. The number of imide groups is 1. The molecule has 4 heterocycles. The number of rotatable bonds is 4. The number of esters is 4. The third kappa shape index (κ3) is 4.08. The van der Waals surface area contributed by atoms with Gasteiger partial charge < -0.3 is 33.9 Å². The molecular weight excluding hydrogens is 756 g/mol. The van der Waals surface area contributed by atoms with Crippen LogP contribution in [0.3, 0.4) is 0 Å². The number of Topliss-reactive ketones (excluding diaryl/α,β-unsaturated/α-hetero) is 1. The largest absolute Gasteiger partial charge is 0.462 e. The van der Waals surface area contributed by atoms with Crippen LogP contribution in [0.15, 0.2) is 24.3 Å². The number of amides is 2. The fraction of sp³-hybridized carbons (Fsp3) is 0.690. The quantitative estimate of drug-likeness (QED) is 0.191. The van der Waals surface area contributed by atoms with Crippen molar-refractivity contribution < 1.29 is 67.5 Å². The predicted octanol–water partition coefficient (Wildman–Crippen LogP) is 1.58. The van der Waals surface area contributed by atoms with Crippen LogP contribution in [-0.4, -0.2) is 116 Å². The maximum Gasteiger partial charge on any atom is 0.340 e. The third-order valence-electron chi connectivity index (χ3n) is 16.9. The predicted molar refractivity (Wildman–Crippen MR) is 192 cm³/mol. The molecule has 9 aliphatic rings. The Morgan fingerprint density at radius 3 is 1.98 bits per heavy atom. The molecule has 3 unspecified atom stereocenters. The summed E-state index contributed by atoms with van der Waals surface area (Å²) in [5.74, 6) is -11.0. The van der Waals surface area contributed by atoms with Gasteiger partial charge in [-0.3, -0.25) is 28.8 Å². The molecular formula is C42H48N2O14. The van der Waals surface area contributed by atoms with E-state index in [-0.39, 0.29) is 23.3 Å². The lowest BCUT2D eigenvalue weighted by atomic mass is 9.41. The number of carbonyl (C=O) groups excluding carboxylic acids is 7. The molecule has 3 saturated heterocycles. The summed E-state index contributed by atoms with van der Waals surface area (Å²) in [7, 11) is 0. The number of benzene rings is 1. The Morgan fingerprint density at radius 2 is 1.40 bits per heavy atom. The van der Waals surface area contributed by atoms with Crippen molar-refractivity contribution in [3.8, 4) is 0 Å². The van der Waals surface area contributed by atoms with Crippen molar-refractivity contribution in [2.75, 3.05) is 0 Å². The summed E-state index contributed by atoms with van der Waals surface area (Å²) in [5.41, 5.74) is -8.01. The van der Waals surface area contributed by atoms with E-state index in [4.69, 9.17) is 23.7 Å². The number of hydrogen-bond donors (Lipinski definition) is 2. The Morgan fingerprint density at radius 1 is 0.810 bits per heavy atom. The van der Waals surface area contributed by atoms with E-state index >= 15 is 0 Å². The summed E-state index contributed by atoms with van der Waals surface area (Å²) in [6, 6.07) is 5.38. The van der Waals surface area contributed by atoms with Gasteiger partial charge in [-0.1, -0.05) is 39.8 Å². The minimum absolute atomic E-state index is 0.147. The van der Waals surface area contributed by atoms with E-state index < -0.39 is 141 Å². The molecule has 0 aromatic heterocycles. The molecule has 5 aliphatic carbocycles. The van der Waals surface area contributed by atoms with Crippen LogP contribution in [0.1, 0.15) is 88.9 Å². The molecule has 16 heteroatoms. The second-order valence-corrected chi connectivity index (χ2v) is 19.3. The first-order chi connectivity index (χ1) is 27.1. The fourth-order valence-corrected chi connectivity index (χ4v) is 14.9. The Balaban J connectivity index is 1.22. The number of fused-ring (bicyclic) bond motifs is 10. The van der Waals surface area contributed by atoms with Gasteiger partial charge in [0.05, 0.1) is 34.8 Å². The molecule has 20 atom stereocenters. The zero-order valence-corrected chi connectivity index (χ0v) is 33.5. The lowest BCUT2D eigenvalue weighted by Crippen LogP contribution is -2.72. The molecule has 1 aromatic rings. The molecule has 58 heavy (non-hydrogen) atoms. The Kier molecular flexibility index (Phi) is 7.41. The zero-order valence-electron chi connectivity index (χ0n) is 33.5. The van der Waals surface area contributed by atoms with Crippen molar-refractivity contribution in [3.05, 3.63) is 35.4 Å². The Labute approximate surface area is 333 Å². The van der Waals surface area contributed by atoms with Crippen molar-refractivity contribution in [2.45, 2.75) is 122 Å². The minimum Gasteiger partial charge on any atom is -0.462 e. The summed E-state index contributed by atoms with van der Waals surface area (Å²) in [4.78, 5) is 97.1. The van der Waals surface area contributed by atoms with Gasteiger partial charge in [0, 0.05) is 55.8 Å². The van der Waals surface area contributed by atoms with Crippen LogP contribution >= 0.6 is 0 Å². The van der Waals surface area contributed by atoms with Crippen LogP contribution in [0.25, 0.3) is 0 Å². The molecule has 1 aromatic carbocycles. The van der Waals surface area contributed by atoms with E-state index in [0.29, 0.717) is 12.8 Å². The molecule has 1 spiro atoms. The van der Waals surface area contributed by atoms with Crippen LogP contribution < -0.4 is 0 Å². The molecule has 4 aliphatic heterocycles. The van der Waals surface area contributed by atoms with Gasteiger partial charge in [0.2, 0.25) is 5.72 Å². The normalized spacial score (nSPS) is 52.4. The van der Waals surface area contributed by atoms with Gasteiger partial charge in [-0.05, 0) is 49.1 Å². The highest BCUT2D eigenvalue weighted by Crippen LogP contribution is 2.82. The van der Waals surface area contributed by atoms with Crippen LogP contribution in [0.2, 0.25) is 0 Å². The maximum absolute atomic E-state index is 14.6. The van der Waals surface area contributed by atoms with E-state index in [2.05, 4.69) is 0 Å². The van der Waals surface area contributed by atoms with Crippen molar-refractivity contribution in [3.63, 3.8) is 0 Å². The van der Waals surface area contributed by atoms with Gasteiger partial charge in [0.1, 0.15) is 24.4 Å². The standard InChI is InChI=1S/C42H48N2O14/c1-15-25-28(40(7)41(8,53)37(52)58-42(40)33(15)44(42)43-35(50)19-11-9-10-12-20(19)36(43)51)31(54-16(2)45)27-24-26(32(55-17(3)46)34(39(25,27)6)56-18(4)47)38(5)14-23-22(57-23)13-21(38)29(48)30(24)49/h9-12,15,21-28,30-34,49,53H,13-14H2,1-8H3/t15-,21+,22-,23+,24?,25-,26?,27+,28-,30+,31+,32-,33+,34-,38-,39+,40-,41+,42-,44?/m0/s1. The number of nitrogens with zero attached hydrogens (tertiary/aromatic N) is 2. The highest BCUT2D eigenvalue weighted by molar-refractivity contribution is 6.21. The van der Waals surface area contributed by atoms with E-state index in [1.165, 1.54) is 44.8 Å². The lowest BCUT2D eigenvalue weighted by Gasteiger charge is -2.64. The second-order valence-electron chi connectivity index (χ2n) is 19.3. The maximum atomic E-state index is 14.6. The van der Waals surface area contributed by atoms with Crippen molar-refractivity contribution in [1.29, 1.82) is 0 Å². The minimum atomic E-state index is -2.34. The van der Waals surface area contributed by atoms with Gasteiger partial charge in [-0.25, -0.2) is 4.79 Å². The van der Waals surface area contributed by atoms with E-state index in [1.807, 2.05) is 13.8 Å². The smallest absolute Gasteiger partial charge is 0.340 e. The molecule has 2 amide bonds. The monoisotopic (exact) mass is 804 g/mol. The number of hydrazine groups is 1. The van der Waals surface area contributed by atoms with Crippen LogP contribution in [0, 0.1) is 57.7 Å². The van der Waals surface area contributed by atoms with Gasteiger partial charge in [0.15, 0.2) is 11.4 Å². The first-order valence-corrected chi connectivity index (χ1v) is 20.2. The van der Waals surface area contributed by atoms with Gasteiger partial charge in [-0.2, -0.15) is 10.0 Å². The number of epoxide rings is 1. The van der Waals surface area contributed by atoms with Crippen molar-refractivity contribution in [1.82, 2.24) is 10.0 Å². The second kappa shape index (κ2) is 11.3. The van der Waals surface area contributed by atoms with Gasteiger partial charge in [-0.15, -0.1) is 0 Å². The average Bonchev–Trinajstić information content (AvgIpc) is 3.99. The van der Waals surface area contributed by atoms with Gasteiger partial charge in [0.25, 0.3) is 11.8 Å². The lowest BCUT2D eigenvalue weighted by molar-refractivity contribution is -0.261. The van der Waals surface area contributed by atoms with E-state index in [1.54, 1.807) is 26.0 Å².